The van der Waals surface area contributed by atoms with Crippen molar-refractivity contribution >= 4 is 16.8 Å². The summed E-state index contributed by atoms with van der Waals surface area (Å²) in [5, 5.41) is 0. The van der Waals surface area contributed by atoms with Gasteiger partial charge in [-0.1, -0.05) is 42.5 Å². The van der Waals surface area contributed by atoms with Crippen LogP contribution in [0.2, 0.25) is 0 Å². The van der Waals surface area contributed by atoms with Gasteiger partial charge in [0.25, 0.3) is 0 Å². The van der Waals surface area contributed by atoms with Gasteiger partial charge in [-0.05, 0) is 19.1 Å². The Morgan fingerprint density at radius 1 is 0.850 bits per heavy atom. The monoisotopic (exact) mass is 261 g/mol. The number of fused-ring (bicyclic) bond motifs is 3. The minimum Gasteiger partial charge on any atom is -0.313 e. The maximum Gasteiger partial charge on any atom is 0.215 e. The largest absolute Gasteiger partial charge is 0.313 e. The van der Waals surface area contributed by atoms with Crippen molar-refractivity contribution in [2.24, 2.45) is 7.05 Å². The highest BCUT2D eigenvalue weighted by atomic mass is 15.2. The molecule has 0 amide bonds. The molecule has 98 valence electrons. The average Bonchev–Trinajstić information content (AvgIpc) is 2.98. The second-order valence-corrected chi connectivity index (χ2v) is 5.09. The lowest BCUT2D eigenvalue weighted by molar-refractivity contribution is 0.967. The molecule has 0 aliphatic rings. The third-order valence-electron chi connectivity index (χ3n) is 3.92. The third-order valence-corrected chi connectivity index (χ3v) is 3.92. The zero-order chi connectivity index (χ0) is 13.7. The molecule has 0 radical (unpaired) electrons. The molecular weight excluding hydrogens is 246 g/mol. The van der Waals surface area contributed by atoms with Gasteiger partial charge in [0.15, 0.2) is 0 Å². The van der Waals surface area contributed by atoms with Crippen LogP contribution in [0.1, 0.15) is 5.69 Å². The van der Waals surface area contributed by atoms with E-state index in [2.05, 4.69) is 71.5 Å². The van der Waals surface area contributed by atoms with Crippen LogP contribution in [0.5, 0.6) is 0 Å². The molecule has 4 aromatic rings. The molecule has 4 rings (SSSR count). The summed E-state index contributed by atoms with van der Waals surface area (Å²) in [4.78, 5) is 4.85. The number of para-hydroxylation sites is 2. The van der Waals surface area contributed by atoms with Crippen molar-refractivity contribution in [1.29, 1.82) is 0 Å². The molecule has 0 bridgehead atoms. The fourth-order valence-electron chi connectivity index (χ4n) is 2.91. The Hall–Kier alpha value is -2.55. The Labute approximate surface area is 117 Å². The van der Waals surface area contributed by atoms with E-state index in [1.807, 2.05) is 6.07 Å². The first kappa shape index (κ1) is 11.3. The second-order valence-electron chi connectivity index (χ2n) is 5.09. The molecule has 0 aliphatic heterocycles. The summed E-state index contributed by atoms with van der Waals surface area (Å²) >= 11 is 0. The molecule has 0 saturated heterocycles. The van der Waals surface area contributed by atoms with Crippen LogP contribution in [0.4, 0.5) is 0 Å². The second kappa shape index (κ2) is 3.97. The summed E-state index contributed by atoms with van der Waals surface area (Å²) in [6.45, 7) is 2.13. The molecule has 0 atom stereocenters. The lowest BCUT2D eigenvalue weighted by Gasteiger charge is -2.00. The summed E-state index contributed by atoms with van der Waals surface area (Å²) < 4.78 is 4.38. The molecule has 0 N–H and O–H groups in total. The van der Waals surface area contributed by atoms with Crippen molar-refractivity contribution in [1.82, 2.24) is 14.0 Å². The molecule has 0 saturated carbocycles. The van der Waals surface area contributed by atoms with E-state index in [-0.39, 0.29) is 0 Å². The molecule has 0 unspecified atom stereocenters. The van der Waals surface area contributed by atoms with Crippen molar-refractivity contribution in [3.63, 3.8) is 0 Å². The maximum atomic E-state index is 4.85. The lowest BCUT2D eigenvalue weighted by Crippen LogP contribution is -1.88. The highest BCUT2D eigenvalue weighted by Crippen LogP contribution is 2.28. The third kappa shape index (κ3) is 1.37. The molecule has 2 aromatic carbocycles. The van der Waals surface area contributed by atoms with Gasteiger partial charge in [-0.25, -0.2) is 4.98 Å². The van der Waals surface area contributed by atoms with Gasteiger partial charge in [0.2, 0.25) is 5.78 Å². The molecular formula is C17H15N3. The van der Waals surface area contributed by atoms with E-state index in [0.29, 0.717) is 0 Å². The van der Waals surface area contributed by atoms with Crippen LogP contribution in [0, 0.1) is 6.92 Å². The van der Waals surface area contributed by atoms with Crippen molar-refractivity contribution < 1.29 is 0 Å². The first-order valence-corrected chi connectivity index (χ1v) is 6.75. The van der Waals surface area contributed by atoms with Crippen LogP contribution in [0.15, 0.2) is 54.6 Å². The maximum absolute atomic E-state index is 4.85. The quantitative estimate of drug-likeness (QED) is 0.511. The zero-order valence-electron chi connectivity index (χ0n) is 11.5. The van der Waals surface area contributed by atoms with E-state index < -0.39 is 0 Å². The van der Waals surface area contributed by atoms with Crippen molar-refractivity contribution in [3.8, 4) is 11.3 Å². The minimum absolute atomic E-state index is 0.988. The molecule has 0 spiro atoms. The smallest absolute Gasteiger partial charge is 0.215 e. The van der Waals surface area contributed by atoms with Crippen LogP contribution in [-0.2, 0) is 7.05 Å². The van der Waals surface area contributed by atoms with Gasteiger partial charge in [0.1, 0.15) is 0 Å². The van der Waals surface area contributed by atoms with E-state index in [9.17, 15) is 0 Å². The Bertz CT molecular complexity index is 914. The van der Waals surface area contributed by atoms with Crippen LogP contribution >= 0.6 is 0 Å². The Morgan fingerprint density at radius 2 is 1.50 bits per heavy atom. The Kier molecular flexibility index (Phi) is 2.24. The molecule has 20 heavy (non-hydrogen) atoms. The van der Waals surface area contributed by atoms with Crippen LogP contribution in [0.3, 0.4) is 0 Å². The van der Waals surface area contributed by atoms with Gasteiger partial charge in [-0.15, -0.1) is 0 Å². The summed E-state index contributed by atoms with van der Waals surface area (Å²) in [6, 6.07) is 18.8. The number of imidazole rings is 2. The fraction of sp³-hybridized carbons (Fsp3) is 0.118. The standard InChI is InChI=1S/C17H15N3/c1-12-16(13-8-4-3-5-9-13)18-17-19(2)14-10-6-7-11-15(14)20(12)17/h3-11H,1-2H3. The van der Waals surface area contributed by atoms with E-state index in [4.69, 9.17) is 4.98 Å². The van der Waals surface area contributed by atoms with Gasteiger partial charge in [0.05, 0.1) is 16.7 Å². The molecule has 2 heterocycles. The number of rotatable bonds is 1. The molecule has 3 nitrogen and oxygen atoms in total. The summed E-state index contributed by atoms with van der Waals surface area (Å²) in [6.07, 6.45) is 0. The van der Waals surface area contributed by atoms with Crippen LogP contribution in [0.25, 0.3) is 28.1 Å². The highest BCUT2D eigenvalue weighted by molar-refractivity contribution is 5.83. The minimum atomic E-state index is 0.988. The van der Waals surface area contributed by atoms with E-state index in [0.717, 1.165) is 17.0 Å². The van der Waals surface area contributed by atoms with Gasteiger partial charge >= 0.3 is 0 Å². The number of benzene rings is 2. The first-order valence-electron chi connectivity index (χ1n) is 6.75. The van der Waals surface area contributed by atoms with Gasteiger partial charge in [-0.3, -0.25) is 4.40 Å². The van der Waals surface area contributed by atoms with Crippen molar-refractivity contribution in [2.75, 3.05) is 0 Å². The van der Waals surface area contributed by atoms with Crippen molar-refractivity contribution in [3.05, 3.63) is 60.3 Å². The Balaban J connectivity index is 2.13. The number of nitrogens with zero attached hydrogens (tertiary/aromatic N) is 3. The Morgan fingerprint density at radius 3 is 2.25 bits per heavy atom. The van der Waals surface area contributed by atoms with Gasteiger partial charge in [-0.2, -0.15) is 0 Å². The zero-order valence-corrected chi connectivity index (χ0v) is 11.5. The highest BCUT2D eigenvalue weighted by Gasteiger charge is 2.16. The van der Waals surface area contributed by atoms with Gasteiger partial charge < -0.3 is 4.57 Å². The first-order chi connectivity index (χ1) is 9.77. The molecule has 0 fully saturated rings. The van der Waals surface area contributed by atoms with E-state index >= 15 is 0 Å². The average molecular weight is 261 g/mol. The molecule has 2 aromatic heterocycles. The van der Waals surface area contributed by atoms with Crippen LogP contribution < -0.4 is 0 Å². The van der Waals surface area contributed by atoms with E-state index in [1.54, 1.807) is 0 Å². The van der Waals surface area contributed by atoms with Crippen LogP contribution in [-0.4, -0.2) is 14.0 Å². The lowest BCUT2D eigenvalue weighted by atomic mass is 10.1. The predicted molar refractivity (Wildman–Crippen MR) is 81.8 cm³/mol. The molecule has 0 aliphatic carbocycles. The normalized spacial score (nSPS) is 11.5. The SMILES string of the molecule is Cc1c(-c2ccccc2)nc2n(C)c3ccccc3n12. The predicted octanol–water partition coefficient (Wildman–Crippen LogP) is 3.80. The van der Waals surface area contributed by atoms with E-state index in [1.165, 1.54) is 16.7 Å². The number of aryl methyl sites for hydroxylation is 2. The van der Waals surface area contributed by atoms with Gasteiger partial charge in [0, 0.05) is 18.3 Å². The topological polar surface area (TPSA) is 22.2 Å². The van der Waals surface area contributed by atoms with Crippen molar-refractivity contribution in [2.45, 2.75) is 6.92 Å². The fourth-order valence-corrected chi connectivity index (χ4v) is 2.91. The summed E-state index contributed by atoms with van der Waals surface area (Å²) in [5.41, 5.74) is 5.82. The summed E-state index contributed by atoms with van der Waals surface area (Å²) in [7, 11) is 2.07. The summed E-state index contributed by atoms with van der Waals surface area (Å²) in [5.74, 6) is 0.988. The number of aromatic nitrogens is 3. The molecule has 3 heteroatoms. The number of hydrogen-bond acceptors (Lipinski definition) is 1. The number of hydrogen-bond donors (Lipinski definition) is 0.